The van der Waals surface area contributed by atoms with E-state index >= 15 is 0 Å². The van der Waals surface area contributed by atoms with Crippen molar-refractivity contribution < 1.29 is 18.1 Å². The SMILES string of the molecule is Cc1cc(N=Nc2cccc3cccc(S(=O)(=O)O)c23)ccc1O. The van der Waals surface area contributed by atoms with Gasteiger partial charge in [0.2, 0.25) is 0 Å². The molecule has 0 aromatic heterocycles. The molecule has 0 aliphatic heterocycles. The Labute approximate surface area is 138 Å². The van der Waals surface area contributed by atoms with Gasteiger partial charge in [0.05, 0.1) is 11.4 Å². The lowest BCUT2D eigenvalue weighted by Gasteiger charge is -2.06. The van der Waals surface area contributed by atoms with Crippen LogP contribution in [0.2, 0.25) is 0 Å². The number of azo groups is 1. The number of fused-ring (bicyclic) bond motifs is 1. The van der Waals surface area contributed by atoms with E-state index in [4.69, 9.17) is 0 Å². The average Bonchev–Trinajstić information content (AvgIpc) is 2.54. The predicted molar refractivity (Wildman–Crippen MR) is 90.8 cm³/mol. The number of hydrogen-bond acceptors (Lipinski definition) is 5. The first-order valence-electron chi connectivity index (χ1n) is 7.07. The molecule has 0 unspecified atom stereocenters. The number of phenolic OH excluding ortho intramolecular Hbond substituents is 1. The highest BCUT2D eigenvalue weighted by Gasteiger charge is 2.16. The molecule has 6 nitrogen and oxygen atoms in total. The van der Waals surface area contributed by atoms with Gasteiger partial charge >= 0.3 is 0 Å². The molecular formula is C17H14N2O4S. The third-order valence-electron chi connectivity index (χ3n) is 3.58. The second kappa shape index (κ2) is 6.03. The van der Waals surface area contributed by atoms with Crippen molar-refractivity contribution in [1.82, 2.24) is 0 Å². The van der Waals surface area contributed by atoms with Gasteiger partial charge in [-0.2, -0.15) is 13.5 Å². The van der Waals surface area contributed by atoms with Crippen molar-refractivity contribution in [2.24, 2.45) is 10.2 Å². The van der Waals surface area contributed by atoms with Gasteiger partial charge in [-0.15, -0.1) is 5.11 Å². The van der Waals surface area contributed by atoms with E-state index in [-0.39, 0.29) is 10.6 Å². The van der Waals surface area contributed by atoms with Crippen LogP contribution in [-0.2, 0) is 10.1 Å². The van der Waals surface area contributed by atoms with Crippen LogP contribution in [0, 0.1) is 6.92 Å². The maximum atomic E-state index is 11.6. The fourth-order valence-electron chi connectivity index (χ4n) is 2.40. The van der Waals surface area contributed by atoms with Gasteiger partial charge in [0, 0.05) is 5.39 Å². The first-order chi connectivity index (χ1) is 11.4. The van der Waals surface area contributed by atoms with Crippen molar-refractivity contribution in [3.63, 3.8) is 0 Å². The van der Waals surface area contributed by atoms with E-state index < -0.39 is 10.1 Å². The maximum absolute atomic E-state index is 11.6. The Balaban J connectivity index is 2.16. The summed E-state index contributed by atoms with van der Waals surface area (Å²) in [5.41, 5.74) is 1.50. The first-order valence-corrected chi connectivity index (χ1v) is 8.51. The molecule has 24 heavy (non-hydrogen) atoms. The smallest absolute Gasteiger partial charge is 0.295 e. The second-order valence-electron chi connectivity index (χ2n) is 5.28. The van der Waals surface area contributed by atoms with Crippen molar-refractivity contribution >= 4 is 32.3 Å². The molecule has 0 atom stereocenters. The number of phenols is 1. The molecule has 0 saturated heterocycles. The summed E-state index contributed by atoms with van der Waals surface area (Å²) < 4.78 is 32.7. The van der Waals surface area contributed by atoms with E-state index in [9.17, 15) is 18.1 Å². The number of hydrogen-bond donors (Lipinski definition) is 2. The quantitative estimate of drug-likeness (QED) is 0.540. The van der Waals surface area contributed by atoms with Crippen molar-refractivity contribution in [3.8, 4) is 5.75 Å². The van der Waals surface area contributed by atoms with Gasteiger partial charge in [-0.1, -0.05) is 24.3 Å². The highest BCUT2D eigenvalue weighted by molar-refractivity contribution is 7.86. The highest BCUT2D eigenvalue weighted by atomic mass is 32.2. The molecule has 0 radical (unpaired) electrons. The summed E-state index contributed by atoms with van der Waals surface area (Å²) in [4.78, 5) is -0.212. The first kappa shape index (κ1) is 16.1. The second-order valence-corrected chi connectivity index (χ2v) is 6.67. The molecular weight excluding hydrogens is 328 g/mol. The molecule has 0 saturated carbocycles. The van der Waals surface area contributed by atoms with Gasteiger partial charge in [-0.25, -0.2) is 0 Å². The van der Waals surface area contributed by atoms with Gasteiger partial charge in [0.15, 0.2) is 0 Å². The molecule has 0 aliphatic carbocycles. The lowest BCUT2D eigenvalue weighted by molar-refractivity contribution is 0.471. The van der Waals surface area contributed by atoms with E-state index in [1.54, 1.807) is 49.4 Å². The summed E-state index contributed by atoms with van der Waals surface area (Å²) in [6.45, 7) is 1.74. The molecule has 0 aliphatic rings. The van der Waals surface area contributed by atoms with E-state index in [0.717, 1.165) is 0 Å². The Hall–Kier alpha value is -2.77. The minimum Gasteiger partial charge on any atom is -0.508 e. The minimum absolute atomic E-state index is 0.160. The van der Waals surface area contributed by atoms with E-state index in [0.29, 0.717) is 27.7 Å². The van der Waals surface area contributed by atoms with Crippen molar-refractivity contribution in [2.75, 3.05) is 0 Å². The number of benzene rings is 3. The third-order valence-corrected chi connectivity index (χ3v) is 4.47. The van der Waals surface area contributed by atoms with E-state index in [1.807, 2.05) is 0 Å². The van der Waals surface area contributed by atoms with Crippen LogP contribution >= 0.6 is 0 Å². The molecule has 3 aromatic carbocycles. The zero-order valence-corrected chi connectivity index (χ0v) is 13.5. The average molecular weight is 342 g/mol. The van der Waals surface area contributed by atoms with Crippen LogP contribution in [0.4, 0.5) is 11.4 Å². The summed E-state index contributed by atoms with van der Waals surface area (Å²) in [7, 11) is -4.38. The minimum atomic E-state index is -4.38. The van der Waals surface area contributed by atoms with Crippen LogP contribution in [0.3, 0.4) is 0 Å². The lowest BCUT2D eigenvalue weighted by Crippen LogP contribution is -1.98. The fraction of sp³-hybridized carbons (Fsp3) is 0.0588. The molecule has 0 heterocycles. The molecule has 122 valence electrons. The van der Waals surface area contributed by atoms with E-state index in [2.05, 4.69) is 10.2 Å². The zero-order valence-electron chi connectivity index (χ0n) is 12.7. The summed E-state index contributed by atoms with van der Waals surface area (Å²) in [6.07, 6.45) is 0. The summed E-state index contributed by atoms with van der Waals surface area (Å²) in [5.74, 6) is 0.160. The number of aromatic hydroxyl groups is 1. The molecule has 0 fully saturated rings. The number of aryl methyl sites for hydroxylation is 1. The molecule has 0 spiro atoms. The Morgan fingerprint density at radius 2 is 1.67 bits per heavy atom. The summed E-state index contributed by atoms with van der Waals surface area (Å²) in [6, 6.07) is 14.4. The predicted octanol–water partition coefficient (Wildman–Crippen LogP) is 4.52. The number of nitrogens with zero attached hydrogens (tertiary/aromatic N) is 2. The van der Waals surface area contributed by atoms with Gasteiger partial charge in [-0.3, -0.25) is 4.55 Å². The van der Waals surface area contributed by atoms with Gasteiger partial charge in [0.1, 0.15) is 10.6 Å². The largest absolute Gasteiger partial charge is 0.508 e. The summed E-state index contributed by atoms with van der Waals surface area (Å²) >= 11 is 0. The normalized spacial score (nSPS) is 12.1. The van der Waals surface area contributed by atoms with Crippen LogP contribution in [-0.4, -0.2) is 18.1 Å². The molecule has 3 aromatic rings. The zero-order chi connectivity index (χ0) is 17.3. The lowest BCUT2D eigenvalue weighted by atomic mass is 10.1. The standard InChI is InChI=1S/C17H14N2O4S/c1-11-10-13(8-9-15(11)20)18-19-14-6-2-4-12-5-3-7-16(17(12)14)24(21,22)23/h2-10,20H,1H3,(H,21,22,23). The van der Waals surface area contributed by atoms with Crippen molar-refractivity contribution in [3.05, 3.63) is 60.2 Å². The van der Waals surface area contributed by atoms with Crippen molar-refractivity contribution in [2.45, 2.75) is 11.8 Å². The van der Waals surface area contributed by atoms with E-state index in [1.165, 1.54) is 12.1 Å². The molecule has 2 N–H and O–H groups in total. The molecule has 0 bridgehead atoms. The van der Waals surface area contributed by atoms with Crippen LogP contribution in [0.1, 0.15) is 5.56 Å². The highest BCUT2D eigenvalue weighted by Crippen LogP contribution is 2.33. The van der Waals surface area contributed by atoms with Crippen LogP contribution < -0.4 is 0 Å². The van der Waals surface area contributed by atoms with Crippen LogP contribution in [0.5, 0.6) is 5.75 Å². The van der Waals surface area contributed by atoms with Gasteiger partial charge in [-0.05, 0) is 48.2 Å². The Morgan fingerprint density at radius 1 is 0.958 bits per heavy atom. The maximum Gasteiger partial charge on any atom is 0.295 e. The number of rotatable bonds is 3. The van der Waals surface area contributed by atoms with Gasteiger partial charge < -0.3 is 5.11 Å². The fourth-order valence-corrected chi connectivity index (χ4v) is 3.13. The van der Waals surface area contributed by atoms with Gasteiger partial charge in [0.25, 0.3) is 10.1 Å². The summed E-state index contributed by atoms with van der Waals surface area (Å²) in [5, 5.41) is 18.7. The van der Waals surface area contributed by atoms with Crippen molar-refractivity contribution in [1.29, 1.82) is 0 Å². The Morgan fingerprint density at radius 3 is 2.33 bits per heavy atom. The molecule has 3 rings (SSSR count). The molecule has 0 amide bonds. The topological polar surface area (TPSA) is 99.3 Å². The Kier molecular flexibility index (Phi) is 4.04. The van der Waals surface area contributed by atoms with Crippen LogP contribution in [0.25, 0.3) is 10.8 Å². The Bertz CT molecular complexity index is 1050. The van der Waals surface area contributed by atoms with Crippen LogP contribution in [0.15, 0.2) is 69.7 Å². The molecule has 7 heteroatoms. The third kappa shape index (κ3) is 3.12. The monoisotopic (exact) mass is 342 g/mol.